The highest BCUT2D eigenvalue weighted by atomic mass is 16.5. The molecule has 0 saturated carbocycles. The number of rotatable bonds is 4. The largest absolute Gasteiger partial charge is 0.506 e. The molecule has 5 heteroatoms. The fourth-order valence-corrected chi connectivity index (χ4v) is 2.46. The lowest BCUT2D eigenvalue weighted by atomic mass is 10.2. The lowest BCUT2D eigenvalue weighted by Gasteiger charge is -2.08. The van der Waals surface area contributed by atoms with Gasteiger partial charge in [0.1, 0.15) is 17.3 Å². The summed E-state index contributed by atoms with van der Waals surface area (Å²) >= 11 is 0. The van der Waals surface area contributed by atoms with Crippen molar-refractivity contribution in [2.24, 2.45) is 0 Å². The van der Waals surface area contributed by atoms with Crippen molar-refractivity contribution >= 4 is 11.0 Å². The van der Waals surface area contributed by atoms with Gasteiger partial charge >= 0.3 is 0 Å². The van der Waals surface area contributed by atoms with Gasteiger partial charge in [0.2, 0.25) is 0 Å². The van der Waals surface area contributed by atoms with Crippen molar-refractivity contribution < 1.29 is 9.84 Å². The molecule has 3 rings (SSSR count). The molecule has 2 aromatic heterocycles. The summed E-state index contributed by atoms with van der Waals surface area (Å²) in [5.41, 5.74) is 2.73. The molecule has 0 amide bonds. The highest BCUT2D eigenvalue weighted by molar-refractivity contribution is 5.82. The number of aryl methyl sites for hydroxylation is 1. The SMILES string of the molecule is CCCn1c(-c2cncc(O)c2)nc2cc(OC)ccc21. The molecule has 0 bridgehead atoms. The van der Waals surface area contributed by atoms with E-state index < -0.39 is 0 Å². The predicted octanol–water partition coefficient (Wildman–Crippen LogP) is 3.22. The van der Waals surface area contributed by atoms with Gasteiger partial charge in [-0.15, -0.1) is 0 Å². The van der Waals surface area contributed by atoms with Gasteiger partial charge in [-0.25, -0.2) is 4.98 Å². The summed E-state index contributed by atoms with van der Waals surface area (Å²) in [5.74, 6) is 1.73. The molecule has 21 heavy (non-hydrogen) atoms. The second kappa shape index (κ2) is 5.44. The summed E-state index contributed by atoms with van der Waals surface area (Å²) in [6, 6.07) is 7.54. The molecule has 0 atom stereocenters. The molecule has 2 heterocycles. The molecule has 108 valence electrons. The van der Waals surface area contributed by atoms with Crippen molar-refractivity contribution in [1.29, 1.82) is 0 Å². The molecule has 0 aliphatic heterocycles. The van der Waals surface area contributed by atoms with Gasteiger partial charge in [0.05, 0.1) is 24.3 Å². The van der Waals surface area contributed by atoms with Crippen LogP contribution in [0.1, 0.15) is 13.3 Å². The maximum Gasteiger partial charge on any atom is 0.142 e. The fraction of sp³-hybridized carbons (Fsp3) is 0.250. The second-order valence-corrected chi connectivity index (χ2v) is 4.87. The van der Waals surface area contributed by atoms with E-state index in [9.17, 15) is 5.11 Å². The molecule has 1 aromatic carbocycles. The summed E-state index contributed by atoms with van der Waals surface area (Å²) in [6.07, 6.45) is 4.13. The second-order valence-electron chi connectivity index (χ2n) is 4.87. The molecule has 0 fully saturated rings. The lowest BCUT2D eigenvalue weighted by molar-refractivity contribution is 0.415. The molecular weight excluding hydrogens is 266 g/mol. The maximum atomic E-state index is 9.63. The quantitative estimate of drug-likeness (QED) is 0.798. The summed E-state index contributed by atoms with van der Waals surface area (Å²) < 4.78 is 7.40. The van der Waals surface area contributed by atoms with Crippen molar-refractivity contribution in [1.82, 2.24) is 14.5 Å². The van der Waals surface area contributed by atoms with Crippen LogP contribution in [-0.4, -0.2) is 26.8 Å². The van der Waals surface area contributed by atoms with Crippen LogP contribution in [0, 0.1) is 0 Å². The number of fused-ring (bicyclic) bond motifs is 1. The minimum absolute atomic E-state index is 0.139. The minimum Gasteiger partial charge on any atom is -0.506 e. The summed E-state index contributed by atoms with van der Waals surface area (Å²) in [4.78, 5) is 8.72. The van der Waals surface area contributed by atoms with E-state index in [0.717, 1.165) is 41.1 Å². The molecule has 0 saturated heterocycles. The van der Waals surface area contributed by atoms with E-state index in [1.807, 2.05) is 18.2 Å². The van der Waals surface area contributed by atoms with Gasteiger partial charge < -0.3 is 14.4 Å². The number of pyridine rings is 1. The molecule has 0 unspecified atom stereocenters. The van der Waals surface area contributed by atoms with E-state index in [0.29, 0.717) is 0 Å². The van der Waals surface area contributed by atoms with Crippen LogP contribution in [0.3, 0.4) is 0 Å². The van der Waals surface area contributed by atoms with E-state index in [4.69, 9.17) is 4.74 Å². The Morgan fingerprint density at radius 2 is 2.10 bits per heavy atom. The normalized spacial score (nSPS) is 11.0. The molecule has 0 radical (unpaired) electrons. The van der Waals surface area contributed by atoms with Crippen LogP contribution in [0.25, 0.3) is 22.4 Å². The number of benzene rings is 1. The zero-order valence-electron chi connectivity index (χ0n) is 12.1. The monoisotopic (exact) mass is 283 g/mol. The Bertz CT molecular complexity index is 780. The van der Waals surface area contributed by atoms with Gasteiger partial charge in [-0.3, -0.25) is 4.98 Å². The van der Waals surface area contributed by atoms with Crippen LogP contribution in [0.15, 0.2) is 36.7 Å². The third-order valence-electron chi connectivity index (χ3n) is 3.38. The predicted molar refractivity (Wildman–Crippen MR) is 81.5 cm³/mol. The van der Waals surface area contributed by atoms with E-state index in [2.05, 4.69) is 21.5 Å². The summed E-state index contributed by atoms with van der Waals surface area (Å²) in [5, 5.41) is 9.63. The van der Waals surface area contributed by atoms with Crippen molar-refractivity contribution in [2.75, 3.05) is 7.11 Å². The van der Waals surface area contributed by atoms with Gasteiger partial charge in [0, 0.05) is 24.4 Å². The van der Waals surface area contributed by atoms with Crippen LogP contribution in [0.2, 0.25) is 0 Å². The first-order chi connectivity index (χ1) is 10.2. The fourth-order valence-electron chi connectivity index (χ4n) is 2.46. The van der Waals surface area contributed by atoms with Crippen molar-refractivity contribution in [3.8, 4) is 22.9 Å². The van der Waals surface area contributed by atoms with Crippen LogP contribution in [0.5, 0.6) is 11.5 Å². The number of aromatic hydroxyl groups is 1. The first kappa shape index (κ1) is 13.4. The van der Waals surface area contributed by atoms with Gasteiger partial charge in [-0.1, -0.05) is 6.92 Å². The highest BCUT2D eigenvalue weighted by Crippen LogP contribution is 2.28. The van der Waals surface area contributed by atoms with Crippen molar-refractivity contribution in [3.63, 3.8) is 0 Å². The van der Waals surface area contributed by atoms with E-state index in [-0.39, 0.29) is 5.75 Å². The lowest BCUT2D eigenvalue weighted by Crippen LogP contribution is -1.99. The third-order valence-corrected chi connectivity index (χ3v) is 3.38. The van der Waals surface area contributed by atoms with Crippen molar-refractivity contribution in [3.05, 3.63) is 36.7 Å². The van der Waals surface area contributed by atoms with Crippen LogP contribution < -0.4 is 4.74 Å². The zero-order chi connectivity index (χ0) is 14.8. The Morgan fingerprint density at radius 1 is 1.24 bits per heavy atom. The Balaban J connectivity index is 2.23. The maximum absolute atomic E-state index is 9.63. The van der Waals surface area contributed by atoms with Crippen molar-refractivity contribution in [2.45, 2.75) is 19.9 Å². The molecule has 3 aromatic rings. The Hall–Kier alpha value is -2.56. The summed E-state index contributed by atoms with van der Waals surface area (Å²) in [7, 11) is 1.64. The third kappa shape index (κ3) is 2.42. The van der Waals surface area contributed by atoms with Crippen LogP contribution in [0.4, 0.5) is 0 Å². The topological polar surface area (TPSA) is 60.2 Å². The molecule has 5 nitrogen and oxygen atoms in total. The average molecular weight is 283 g/mol. The van der Waals surface area contributed by atoms with Gasteiger partial charge in [0.15, 0.2) is 0 Å². The van der Waals surface area contributed by atoms with Crippen LogP contribution in [-0.2, 0) is 6.54 Å². The van der Waals surface area contributed by atoms with E-state index >= 15 is 0 Å². The number of aromatic nitrogens is 3. The summed E-state index contributed by atoms with van der Waals surface area (Å²) in [6.45, 7) is 2.98. The zero-order valence-corrected chi connectivity index (χ0v) is 12.1. The average Bonchev–Trinajstić information content (AvgIpc) is 2.85. The Morgan fingerprint density at radius 3 is 2.81 bits per heavy atom. The van der Waals surface area contributed by atoms with Gasteiger partial charge in [-0.05, 0) is 24.6 Å². The smallest absolute Gasteiger partial charge is 0.142 e. The van der Waals surface area contributed by atoms with E-state index in [1.165, 1.54) is 6.20 Å². The standard InChI is InChI=1S/C16H17N3O2/c1-3-6-19-15-5-4-13(21-2)8-14(15)18-16(19)11-7-12(20)10-17-9-11/h4-5,7-10,20H,3,6H2,1-2H3. The van der Waals surface area contributed by atoms with E-state index in [1.54, 1.807) is 19.4 Å². The number of ether oxygens (including phenoxy) is 1. The first-order valence-electron chi connectivity index (χ1n) is 6.91. The highest BCUT2D eigenvalue weighted by Gasteiger charge is 2.13. The first-order valence-corrected chi connectivity index (χ1v) is 6.91. The minimum atomic E-state index is 0.139. The number of hydrogen-bond acceptors (Lipinski definition) is 4. The number of imidazole rings is 1. The molecule has 0 aliphatic carbocycles. The number of hydrogen-bond donors (Lipinski definition) is 1. The molecule has 0 aliphatic rings. The van der Waals surface area contributed by atoms with Gasteiger partial charge in [-0.2, -0.15) is 0 Å². The van der Waals surface area contributed by atoms with Crippen LogP contribution >= 0.6 is 0 Å². The number of methoxy groups -OCH3 is 1. The molecular formula is C16H17N3O2. The Labute approximate surface area is 122 Å². The Kier molecular flexibility index (Phi) is 3.48. The number of nitrogens with zero attached hydrogens (tertiary/aromatic N) is 3. The van der Waals surface area contributed by atoms with Gasteiger partial charge in [0.25, 0.3) is 0 Å². The molecule has 0 spiro atoms. The molecule has 1 N–H and O–H groups in total.